The fourth-order valence-electron chi connectivity index (χ4n) is 2.78. The van der Waals surface area contributed by atoms with E-state index in [1.54, 1.807) is 6.07 Å². The second-order valence-electron chi connectivity index (χ2n) is 6.09. The molecule has 0 aromatic heterocycles. The molecular weight excluding hydrogens is 362 g/mol. The van der Waals surface area contributed by atoms with E-state index in [2.05, 4.69) is 28.2 Å². The largest absolute Gasteiger partial charge is 0.507 e. The zero-order valence-electron chi connectivity index (χ0n) is 13.3. The summed E-state index contributed by atoms with van der Waals surface area (Å²) in [5.41, 5.74) is 0.0325. The molecule has 0 heterocycles. The van der Waals surface area contributed by atoms with E-state index >= 15 is 0 Å². The predicted molar refractivity (Wildman–Crippen MR) is 90.2 cm³/mol. The molecule has 1 fully saturated rings. The molecule has 0 unspecified atom stereocenters. The van der Waals surface area contributed by atoms with Gasteiger partial charge in [-0.05, 0) is 43.9 Å². The van der Waals surface area contributed by atoms with E-state index < -0.39 is 12.1 Å². The van der Waals surface area contributed by atoms with Crippen LogP contribution in [0.3, 0.4) is 0 Å². The summed E-state index contributed by atoms with van der Waals surface area (Å²) in [6.45, 7) is 3.66. The Bertz CT molecular complexity index is 590. The summed E-state index contributed by atoms with van der Waals surface area (Å²) in [5, 5.41) is 12.7. The number of hydrogen-bond donors (Lipinski definition) is 2. The monoisotopic (exact) mass is 383 g/mol. The molecule has 6 heteroatoms. The summed E-state index contributed by atoms with van der Waals surface area (Å²) < 4.78 is 5.83. The molecule has 0 bridgehead atoms. The number of carbonyl (C=O) groups is 2. The van der Waals surface area contributed by atoms with Gasteiger partial charge < -0.3 is 15.2 Å². The number of aromatic hydroxyl groups is 1. The second kappa shape index (κ2) is 7.81. The molecule has 1 saturated carbocycles. The Hall–Kier alpha value is -1.56. The Labute approximate surface area is 144 Å². The highest BCUT2D eigenvalue weighted by Crippen LogP contribution is 2.25. The van der Waals surface area contributed by atoms with Gasteiger partial charge in [0, 0.05) is 10.5 Å². The first kappa shape index (κ1) is 17.8. The van der Waals surface area contributed by atoms with Crippen LogP contribution in [-0.2, 0) is 9.53 Å². The molecule has 23 heavy (non-hydrogen) atoms. The Morgan fingerprint density at radius 3 is 2.74 bits per heavy atom. The molecule has 1 aromatic rings. The fourth-order valence-corrected chi connectivity index (χ4v) is 3.14. The highest BCUT2D eigenvalue weighted by Gasteiger charge is 2.27. The number of phenolic OH excluding ortho intramolecular Hbond substituents is 1. The molecule has 1 aromatic carbocycles. The molecule has 0 spiro atoms. The lowest BCUT2D eigenvalue weighted by atomic mass is 9.86. The summed E-state index contributed by atoms with van der Waals surface area (Å²) in [6, 6.07) is 4.62. The van der Waals surface area contributed by atoms with Crippen LogP contribution in [-0.4, -0.2) is 29.1 Å². The number of benzene rings is 1. The van der Waals surface area contributed by atoms with Gasteiger partial charge in [0.1, 0.15) is 11.3 Å². The van der Waals surface area contributed by atoms with Gasteiger partial charge in [-0.25, -0.2) is 4.79 Å². The molecule has 2 rings (SSSR count). The van der Waals surface area contributed by atoms with Crippen molar-refractivity contribution < 1.29 is 19.4 Å². The third-order valence-corrected chi connectivity index (χ3v) is 4.76. The van der Waals surface area contributed by atoms with Crippen LogP contribution < -0.4 is 5.32 Å². The van der Waals surface area contributed by atoms with E-state index in [-0.39, 0.29) is 23.3 Å². The van der Waals surface area contributed by atoms with Gasteiger partial charge in [0.2, 0.25) is 0 Å². The number of halogens is 1. The number of hydrogen-bond acceptors (Lipinski definition) is 4. The van der Waals surface area contributed by atoms with Crippen molar-refractivity contribution in [2.75, 3.05) is 0 Å². The van der Waals surface area contributed by atoms with E-state index in [9.17, 15) is 14.7 Å². The number of nitrogens with one attached hydrogen (secondary N) is 1. The number of amides is 1. The maximum atomic E-state index is 12.2. The van der Waals surface area contributed by atoms with E-state index in [1.807, 2.05) is 0 Å². The van der Waals surface area contributed by atoms with Gasteiger partial charge in [0.05, 0.1) is 0 Å². The molecule has 126 valence electrons. The fraction of sp³-hybridized carbons (Fsp3) is 0.529. The van der Waals surface area contributed by atoms with Crippen molar-refractivity contribution in [2.45, 2.75) is 51.7 Å². The predicted octanol–water partition coefficient (Wildman–Crippen LogP) is 3.39. The minimum absolute atomic E-state index is 0.0325. The number of esters is 1. The normalized spacial score (nSPS) is 22.2. The van der Waals surface area contributed by atoms with Crippen LogP contribution >= 0.6 is 15.9 Å². The third-order valence-electron chi connectivity index (χ3n) is 4.27. The molecular formula is C17H22BrNO4. The van der Waals surface area contributed by atoms with Crippen molar-refractivity contribution in [3.63, 3.8) is 0 Å². The topological polar surface area (TPSA) is 75.6 Å². The van der Waals surface area contributed by atoms with Crippen molar-refractivity contribution in [3.8, 4) is 5.75 Å². The first-order valence-electron chi connectivity index (χ1n) is 7.88. The standard InChI is InChI=1S/C17H22BrNO4/c1-10-5-3-4-6-14(10)19-16(21)11(2)23-17(22)13-9-12(18)7-8-15(13)20/h7-11,14,20H,3-6H2,1-2H3,(H,19,21)/t10-,11+,14-/m0/s1. The van der Waals surface area contributed by atoms with Crippen molar-refractivity contribution in [2.24, 2.45) is 5.92 Å². The second-order valence-corrected chi connectivity index (χ2v) is 7.00. The summed E-state index contributed by atoms with van der Waals surface area (Å²) >= 11 is 3.23. The molecule has 3 atom stereocenters. The first-order valence-corrected chi connectivity index (χ1v) is 8.67. The summed E-state index contributed by atoms with van der Waals surface area (Å²) in [7, 11) is 0. The van der Waals surface area contributed by atoms with Crippen LogP contribution in [0.4, 0.5) is 0 Å². The number of rotatable bonds is 4. The lowest BCUT2D eigenvalue weighted by Gasteiger charge is -2.30. The summed E-state index contributed by atoms with van der Waals surface area (Å²) in [5.74, 6) is -0.758. The third kappa shape index (κ3) is 4.70. The number of phenols is 1. The zero-order chi connectivity index (χ0) is 17.0. The number of ether oxygens (including phenoxy) is 1. The first-order chi connectivity index (χ1) is 10.9. The van der Waals surface area contributed by atoms with Gasteiger partial charge in [-0.15, -0.1) is 0 Å². The van der Waals surface area contributed by atoms with E-state index in [1.165, 1.54) is 25.5 Å². The van der Waals surface area contributed by atoms with Crippen molar-refractivity contribution in [3.05, 3.63) is 28.2 Å². The average molecular weight is 384 g/mol. The van der Waals surface area contributed by atoms with Gasteiger partial charge in [-0.2, -0.15) is 0 Å². The quantitative estimate of drug-likeness (QED) is 0.781. The van der Waals surface area contributed by atoms with Crippen LogP contribution in [0.5, 0.6) is 5.75 Å². The van der Waals surface area contributed by atoms with Gasteiger partial charge in [-0.3, -0.25) is 4.79 Å². The lowest BCUT2D eigenvalue weighted by Crippen LogP contribution is -2.46. The highest BCUT2D eigenvalue weighted by atomic mass is 79.9. The molecule has 5 nitrogen and oxygen atoms in total. The highest BCUT2D eigenvalue weighted by molar-refractivity contribution is 9.10. The molecule has 0 saturated heterocycles. The lowest BCUT2D eigenvalue weighted by molar-refractivity contribution is -0.130. The van der Waals surface area contributed by atoms with Crippen LogP contribution in [0, 0.1) is 5.92 Å². The Balaban J connectivity index is 1.94. The van der Waals surface area contributed by atoms with Crippen LogP contribution in [0.25, 0.3) is 0 Å². The van der Waals surface area contributed by atoms with Crippen molar-refractivity contribution in [1.82, 2.24) is 5.32 Å². The molecule has 0 radical (unpaired) electrons. The smallest absolute Gasteiger partial charge is 0.342 e. The molecule has 1 aliphatic rings. The summed E-state index contributed by atoms with van der Waals surface area (Å²) in [4.78, 5) is 24.3. The van der Waals surface area contributed by atoms with Crippen molar-refractivity contribution in [1.29, 1.82) is 0 Å². The van der Waals surface area contributed by atoms with Crippen LogP contribution in [0.2, 0.25) is 0 Å². The molecule has 2 N–H and O–H groups in total. The maximum Gasteiger partial charge on any atom is 0.342 e. The minimum atomic E-state index is -0.907. The molecule has 1 amide bonds. The van der Waals surface area contributed by atoms with E-state index in [0.717, 1.165) is 19.3 Å². The van der Waals surface area contributed by atoms with E-state index in [4.69, 9.17) is 4.74 Å². The van der Waals surface area contributed by atoms with Gasteiger partial charge >= 0.3 is 5.97 Å². The Kier molecular flexibility index (Phi) is 6.04. The van der Waals surface area contributed by atoms with Crippen molar-refractivity contribution >= 4 is 27.8 Å². The number of carbonyl (C=O) groups excluding carboxylic acids is 2. The van der Waals surface area contributed by atoms with Crippen LogP contribution in [0.15, 0.2) is 22.7 Å². The Morgan fingerprint density at radius 1 is 1.35 bits per heavy atom. The molecule has 1 aliphatic carbocycles. The maximum absolute atomic E-state index is 12.2. The van der Waals surface area contributed by atoms with Gasteiger partial charge in [-0.1, -0.05) is 35.7 Å². The van der Waals surface area contributed by atoms with Gasteiger partial charge in [0.15, 0.2) is 6.10 Å². The van der Waals surface area contributed by atoms with Gasteiger partial charge in [0.25, 0.3) is 5.91 Å². The Morgan fingerprint density at radius 2 is 2.04 bits per heavy atom. The minimum Gasteiger partial charge on any atom is -0.507 e. The van der Waals surface area contributed by atoms with E-state index in [0.29, 0.717) is 10.4 Å². The summed E-state index contributed by atoms with van der Waals surface area (Å²) in [6.07, 6.45) is 3.45. The molecule has 0 aliphatic heterocycles. The van der Waals surface area contributed by atoms with Crippen LogP contribution in [0.1, 0.15) is 49.9 Å². The SMILES string of the molecule is C[C@@H](OC(=O)c1cc(Br)ccc1O)C(=O)N[C@H]1CCCC[C@@H]1C. The zero-order valence-corrected chi connectivity index (χ0v) is 14.9. The average Bonchev–Trinajstić information content (AvgIpc) is 2.51.